The zero-order valence-electron chi connectivity index (χ0n) is 17.3. The molecule has 0 bridgehead atoms. The van der Waals surface area contributed by atoms with Gasteiger partial charge in [-0.05, 0) is 61.7 Å². The third-order valence-electron chi connectivity index (χ3n) is 5.49. The molecule has 5 heteroatoms. The molecule has 0 amide bonds. The first-order valence-electron chi connectivity index (χ1n) is 10.2. The van der Waals surface area contributed by atoms with Gasteiger partial charge in [0.2, 0.25) is 5.88 Å². The Morgan fingerprint density at radius 2 is 2.00 bits per heavy atom. The number of nitrogens with one attached hydrogen (secondary N) is 1. The standard InChI is InChI=1S/C25H25N3O2/c1-3-30-24-23(25(16-26)11-12-29-17-25)13-19(15-27-24)22-14-21(10-9-18(22)2)28-20-7-5-4-6-8-20/h4-10,13-15,28H,3,11-12,17H2,1-2H3. The molecule has 0 radical (unpaired) electrons. The maximum Gasteiger partial charge on any atom is 0.218 e. The zero-order valence-corrected chi connectivity index (χ0v) is 17.3. The van der Waals surface area contributed by atoms with Gasteiger partial charge in [-0.2, -0.15) is 5.26 Å². The lowest BCUT2D eigenvalue weighted by Crippen LogP contribution is -2.25. The van der Waals surface area contributed by atoms with Crippen LogP contribution >= 0.6 is 0 Å². The minimum Gasteiger partial charge on any atom is -0.478 e. The van der Waals surface area contributed by atoms with Gasteiger partial charge in [0.15, 0.2) is 0 Å². The predicted molar refractivity (Wildman–Crippen MR) is 118 cm³/mol. The van der Waals surface area contributed by atoms with Gasteiger partial charge in [-0.25, -0.2) is 4.98 Å². The molecule has 1 unspecified atom stereocenters. The number of para-hydroxylation sites is 1. The fourth-order valence-corrected chi connectivity index (χ4v) is 3.82. The van der Waals surface area contributed by atoms with Crippen LogP contribution in [0.15, 0.2) is 60.8 Å². The molecule has 3 aromatic rings. The van der Waals surface area contributed by atoms with Crippen LogP contribution in [-0.2, 0) is 10.2 Å². The van der Waals surface area contributed by atoms with E-state index >= 15 is 0 Å². The lowest BCUT2D eigenvalue weighted by molar-refractivity contribution is 0.185. The number of aromatic nitrogens is 1. The van der Waals surface area contributed by atoms with E-state index in [1.54, 1.807) is 0 Å². The molecule has 1 fully saturated rings. The van der Waals surface area contributed by atoms with Gasteiger partial charge in [0.25, 0.3) is 0 Å². The summed E-state index contributed by atoms with van der Waals surface area (Å²) in [5.41, 5.74) is 5.29. The predicted octanol–water partition coefficient (Wildman–Crippen LogP) is 5.38. The lowest BCUT2D eigenvalue weighted by Gasteiger charge is -2.22. The maximum absolute atomic E-state index is 9.96. The number of hydrogen-bond acceptors (Lipinski definition) is 5. The number of hydrogen-bond donors (Lipinski definition) is 1. The monoisotopic (exact) mass is 399 g/mol. The number of ether oxygens (including phenoxy) is 2. The molecule has 0 saturated carbocycles. The molecule has 1 atom stereocenters. The molecule has 1 aromatic heterocycles. The second kappa shape index (κ2) is 8.56. The van der Waals surface area contributed by atoms with Crippen LogP contribution < -0.4 is 10.1 Å². The Balaban J connectivity index is 1.76. The fraction of sp³-hybridized carbons (Fsp3) is 0.280. The van der Waals surface area contributed by atoms with Gasteiger partial charge in [-0.15, -0.1) is 0 Å². The first kappa shape index (κ1) is 19.9. The Morgan fingerprint density at radius 3 is 2.70 bits per heavy atom. The van der Waals surface area contributed by atoms with Gasteiger partial charge in [-0.3, -0.25) is 0 Å². The summed E-state index contributed by atoms with van der Waals surface area (Å²) in [6, 6.07) is 20.9. The molecule has 0 spiro atoms. The van der Waals surface area contributed by atoms with Crippen LogP contribution in [0.25, 0.3) is 11.1 Å². The number of benzene rings is 2. The Bertz CT molecular complexity index is 1070. The highest BCUT2D eigenvalue weighted by Gasteiger charge is 2.40. The molecule has 5 nitrogen and oxygen atoms in total. The van der Waals surface area contributed by atoms with Crippen molar-refractivity contribution in [1.29, 1.82) is 5.26 Å². The number of nitrogens with zero attached hydrogens (tertiary/aromatic N) is 2. The highest BCUT2D eigenvalue weighted by Crippen LogP contribution is 2.40. The first-order valence-corrected chi connectivity index (χ1v) is 10.2. The molecule has 2 heterocycles. The molecule has 152 valence electrons. The largest absolute Gasteiger partial charge is 0.478 e. The Labute approximate surface area is 177 Å². The first-order chi connectivity index (χ1) is 14.6. The van der Waals surface area contributed by atoms with Crippen LogP contribution in [0.2, 0.25) is 0 Å². The van der Waals surface area contributed by atoms with Crippen molar-refractivity contribution in [1.82, 2.24) is 4.98 Å². The molecule has 1 N–H and O–H groups in total. The van der Waals surface area contributed by atoms with E-state index in [9.17, 15) is 5.26 Å². The van der Waals surface area contributed by atoms with Gasteiger partial charge in [0.05, 0.1) is 19.3 Å². The van der Waals surface area contributed by atoms with Gasteiger partial charge in [-0.1, -0.05) is 24.3 Å². The van der Waals surface area contributed by atoms with Crippen molar-refractivity contribution in [3.8, 4) is 23.1 Å². The second-order valence-electron chi connectivity index (χ2n) is 7.53. The van der Waals surface area contributed by atoms with Crippen LogP contribution in [-0.4, -0.2) is 24.8 Å². The Kier molecular flexibility index (Phi) is 5.69. The minimum atomic E-state index is -0.721. The fourth-order valence-electron chi connectivity index (χ4n) is 3.82. The van der Waals surface area contributed by atoms with Crippen molar-refractivity contribution in [2.45, 2.75) is 25.7 Å². The smallest absolute Gasteiger partial charge is 0.218 e. The summed E-state index contributed by atoms with van der Waals surface area (Å²) in [5, 5.41) is 13.4. The third kappa shape index (κ3) is 3.87. The molecular weight excluding hydrogens is 374 g/mol. The summed E-state index contributed by atoms with van der Waals surface area (Å²) in [5.74, 6) is 0.518. The summed E-state index contributed by atoms with van der Waals surface area (Å²) in [4.78, 5) is 4.59. The van der Waals surface area contributed by atoms with E-state index in [0.29, 0.717) is 32.1 Å². The van der Waals surface area contributed by atoms with Crippen molar-refractivity contribution in [2.24, 2.45) is 0 Å². The SMILES string of the molecule is CCOc1ncc(-c2cc(Nc3ccccc3)ccc2C)cc1C1(C#N)CCOC1. The van der Waals surface area contributed by atoms with Crippen LogP contribution in [0, 0.1) is 18.3 Å². The molecule has 1 aliphatic heterocycles. The molecule has 30 heavy (non-hydrogen) atoms. The van der Waals surface area contributed by atoms with Gasteiger partial charge in [0, 0.05) is 35.3 Å². The van der Waals surface area contributed by atoms with Crippen molar-refractivity contribution < 1.29 is 9.47 Å². The Hall–Kier alpha value is -3.36. The van der Waals surface area contributed by atoms with E-state index < -0.39 is 5.41 Å². The van der Waals surface area contributed by atoms with Gasteiger partial charge >= 0.3 is 0 Å². The average Bonchev–Trinajstić information content (AvgIpc) is 3.27. The van der Waals surface area contributed by atoms with E-state index in [0.717, 1.165) is 33.6 Å². The highest BCUT2D eigenvalue weighted by molar-refractivity contribution is 5.74. The number of rotatable bonds is 6. The van der Waals surface area contributed by atoms with E-state index in [-0.39, 0.29) is 0 Å². The minimum absolute atomic E-state index is 0.364. The highest BCUT2D eigenvalue weighted by atomic mass is 16.5. The van der Waals surface area contributed by atoms with Crippen molar-refractivity contribution >= 4 is 11.4 Å². The second-order valence-corrected chi connectivity index (χ2v) is 7.53. The lowest BCUT2D eigenvalue weighted by atomic mass is 9.80. The summed E-state index contributed by atoms with van der Waals surface area (Å²) >= 11 is 0. The van der Waals surface area contributed by atoms with E-state index in [1.807, 2.05) is 49.5 Å². The molecule has 0 aliphatic carbocycles. The van der Waals surface area contributed by atoms with Gasteiger partial charge < -0.3 is 14.8 Å². The Morgan fingerprint density at radius 1 is 1.17 bits per heavy atom. The zero-order chi connectivity index (χ0) is 21.0. The van der Waals surface area contributed by atoms with Crippen molar-refractivity contribution in [3.63, 3.8) is 0 Å². The average molecular weight is 399 g/mol. The molecule has 4 rings (SSSR count). The van der Waals surface area contributed by atoms with Crippen molar-refractivity contribution in [3.05, 3.63) is 71.9 Å². The maximum atomic E-state index is 9.96. The molecule has 2 aromatic carbocycles. The van der Waals surface area contributed by atoms with Crippen LogP contribution in [0.4, 0.5) is 11.4 Å². The van der Waals surface area contributed by atoms with Crippen LogP contribution in [0.1, 0.15) is 24.5 Å². The van der Waals surface area contributed by atoms with E-state index in [2.05, 4.69) is 41.5 Å². The van der Waals surface area contributed by atoms with Crippen LogP contribution in [0.3, 0.4) is 0 Å². The number of nitriles is 1. The summed E-state index contributed by atoms with van der Waals surface area (Å²) < 4.78 is 11.3. The quantitative estimate of drug-likeness (QED) is 0.603. The van der Waals surface area contributed by atoms with Gasteiger partial charge in [0.1, 0.15) is 5.41 Å². The van der Waals surface area contributed by atoms with E-state index in [1.165, 1.54) is 0 Å². The summed E-state index contributed by atoms with van der Waals surface area (Å²) in [6.07, 6.45) is 2.47. The summed E-state index contributed by atoms with van der Waals surface area (Å²) in [6.45, 7) is 5.43. The normalized spacial score (nSPS) is 18.0. The van der Waals surface area contributed by atoms with Crippen molar-refractivity contribution in [2.75, 3.05) is 25.1 Å². The molecule has 1 aliphatic rings. The van der Waals surface area contributed by atoms with Crippen LogP contribution in [0.5, 0.6) is 5.88 Å². The number of pyridine rings is 1. The summed E-state index contributed by atoms with van der Waals surface area (Å²) in [7, 11) is 0. The number of aryl methyl sites for hydroxylation is 1. The van der Waals surface area contributed by atoms with E-state index in [4.69, 9.17) is 9.47 Å². The third-order valence-corrected chi connectivity index (χ3v) is 5.49. The molecule has 1 saturated heterocycles. The number of anilines is 2. The topological polar surface area (TPSA) is 67.2 Å². The molecular formula is C25H25N3O2.